The smallest absolute Gasteiger partial charge is 0.133 e. The largest absolute Gasteiger partial charge is 0.494 e. The first-order valence-corrected chi connectivity index (χ1v) is 5.38. The predicted octanol–water partition coefficient (Wildman–Crippen LogP) is 3.30. The Morgan fingerprint density at radius 3 is 2.23 bits per heavy atom. The number of hydrogen-bond acceptors (Lipinski definition) is 1. The van der Waals surface area contributed by atoms with Gasteiger partial charge in [0.2, 0.25) is 0 Å². The van der Waals surface area contributed by atoms with Crippen molar-refractivity contribution in [1.29, 1.82) is 0 Å². The first-order chi connectivity index (χ1) is 6.19. The molecule has 0 aliphatic rings. The molecule has 0 aliphatic carbocycles. The summed E-state index contributed by atoms with van der Waals surface area (Å²) >= 11 is 1.92. The van der Waals surface area contributed by atoms with Crippen LogP contribution >= 0.6 is 22.6 Å². The summed E-state index contributed by atoms with van der Waals surface area (Å²) in [5.41, 5.74) is 0.101. The van der Waals surface area contributed by atoms with E-state index in [1.807, 2.05) is 22.6 Å². The van der Waals surface area contributed by atoms with E-state index in [0.29, 0.717) is 11.0 Å². The summed E-state index contributed by atoms with van der Waals surface area (Å²) in [4.78, 5) is 0. The summed E-state index contributed by atoms with van der Waals surface area (Å²) in [6, 6.07) is 2.42. The van der Waals surface area contributed by atoms with Crippen molar-refractivity contribution in [1.82, 2.24) is 0 Å². The maximum Gasteiger partial charge on any atom is 0.133 e. The van der Waals surface area contributed by atoms with E-state index >= 15 is 0 Å². The van der Waals surface area contributed by atoms with Gasteiger partial charge in [-0.2, -0.15) is 0 Å². The lowest BCUT2D eigenvalue weighted by Gasteiger charge is -2.06. The molecule has 0 amide bonds. The van der Waals surface area contributed by atoms with Crippen molar-refractivity contribution < 1.29 is 13.5 Å². The Morgan fingerprint density at radius 2 is 1.85 bits per heavy atom. The van der Waals surface area contributed by atoms with Gasteiger partial charge in [0.05, 0.1) is 6.61 Å². The lowest BCUT2D eigenvalue weighted by Crippen LogP contribution is -1.97. The molecule has 1 aromatic rings. The number of hydrogen-bond donors (Lipinski definition) is 0. The van der Waals surface area contributed by atoms with Crippen LogP contribution in [-0.4, -0.2) is 6.61 Å². The molecule has 0 saturated carbocycles. The molecule has 0 spiro atoms. The van der Waals surface area contributed by atoms with E-state index in [4.69, 9.17) is 4.74 Å². The van der Waals surface area contributed by atoms with Crippen LogP contribution in [0.3, 0.4) is 0 Å². The van der Waals surface area contributed by atoms with Crippen LogP contribution in [0.25, 0.3) is 0 Å². The Bertz CT molecular complexity index is 279. The summed E-state index contributed by atoms with van der Waals surface area (Å²) in [6.07, 6.45) is 0. The molecule has 0 aromatic heterocycles. The van der Waals surface area contributed by atoms with E-state index in [1.54, 1.807) is 6.92 Å². The minimum atomic E-state index is -0.544. The summed E-state index contributed by atoms with van der Waals surface area (Å²) in [5, 5.41) is 0. The van der Waals surface area contributed by atoms with Crippen LogP contribution in [0.15, 0.2) is 12.1 Å². The maximum atomic E-state index is 13.1. The van der Waals surface area contributed by atoms with Gasteiger partial charge in [-0.15, -0.1) is 0 Å². The van der Waals surface area contributed by atoms with Gasteiger partial charge in [-0.3, -0.25) is 0 Å². The van der Waals surface area contributed by atoms with Gasteiger partial charge in [0.25, 0.3) is 0 Å². The molecule has 0 radical (unpaired) electrons. The molecule has 0 aliphatic heterocycles. The Labute approximate surface area is 89.2 Å². The highest BCUT2D eigenvalue weighted by atomic mass is 127. The van der Waals surface area contributed by atoms with Crippen molar-refractivity contribution in [3.8, 4) is 5.75 Å². The average molecular weight is 298 g/mol. The molecule has 72 valence electrons. The second kappa shape index (κ2) is 4.74. The topological polar surface area (TPSA) is 9.23 Å². The SMILES string of the molecule is CCOc1cc(F)c(CI)c(F)c1. The Hall–Kier alpha value is -0.390. The van der Waals surface area contributed by atoms with Crippen LogP contribution in [0.1, 0.15) is 12.5 Å². The Morgan fingerprint density at radius 1 is 1.31 bits per heavy atom. The number of alkyl halides is 1. The molecule has 0 saturated heterocycles. The van der Waals surface area contributed by atoms with E-state index in [9.17, 15) is 8.78 Å². The fourth-order valence-corrected chi connectivity index (χ4v) is 1.69. The lowest BCUT2D eigenvalue weighted by molar-refractivity contribution is 0.335. The van der Waals surface area contributed by atoms with Gasteiger partial charge >= 0.3 is 0 Å². The number of halogens is 3. The lowest BCUT2D eigenvalue weighted by atomic mass is 10.2. The predicted molar refractivity (Wildman–Crippen MR) is 55.3 cm³/mol. The van der Waals surface area contributed by atoms with Crippen molar-refractivity contribution in [2.24, 2.45) is 0 Å². The number of ether oxygens (including phenoxy) is 1. The summed E-state index contributed by atoms with van der Waals surface area (Å²) < 4.78 is 31.5. The van der Waals surface area contributed by atoms with Gasteiger partial charge in [-0.25, -0.2) is 8.78 Å². The molecule has 1 aromatic carbocycles. The fraction of sp³-hybridized carbons (Fsp3) is 0.333. The third-order valence-corrected chi connectivity index (χ3v) is 2.32. The van der Waals surface area contributed by atoms with Gasteiger partial charge in [0.15, 0.2) is 0 Å². The minimum absolute atomic E-state index is 0.101. The maximum absolute atomic E-state index is 13.1. The quantitative estimate of drug-likeness (QED) is 0.614. The van der Waals surface area contributed by atoms with Gasteiger partial charge in [0, 0.05) is 22.1 Å². The van der Waals surface area contributed by atoms with E-state index in [-0.39, 0.29) is 11.3 Å². The third-order valence-electron chi connectivity index (χ3n) is 1.56. The molecular weight excluding hydrogens is 289 g/mol. The Balaban J connectivity index is 3.05. The molecule has 0 fully saturated rings. The molecule has 4 heteroatoms. The molecule has 0 heterocycles. The van der Waals surface area contributed by atoms with Crippen molar-refractivity contribution in [3.63, 3.8) is 0 Å². The minimum Gasteiger partial charge on any atom is -0.494 e. The van der Waals surface area contributed by atoms with Crippen molar-refractivity contribution in [3.05, 3.63) is 29.3 Å². The van der Waals surface area contributed by atoms with Crippen LogP contribution in [0.4, 0.5) is 8.78 Å². The Kier molecular flexibility index (Phi) is 3.90. The van der Waals surface area contributed by atoms with Crippen LogP contribution < -0.4 is 4.74 Å². The average Bonchev–Trinajstić information content (AvgIpc) is 2.04. The van der Waals surface area contributed by atoms with Gasteiger partial charge in [0.1, 0.15) is 17.4 Å². The van der Waals surface area contributed by atoms with E-state index in [1.165, 1.54) is 12.1 Å². The number of rotatable bonds is 3. The molecule has 0 N–H and O–H groups in total. The summed E-state index contributed by atoms with van der Waals surface area (Å²) in [6.45, 7) is 2.17. The van der Waals surface area contributed by atoms with E-state index < -0.39 is 11.6 Å². The molecule has 0 unspecified atom stereocenters. The van der Waals surface area contributed by atoms with Crippen LogP contribution in [0.2, 0.25) is 0 Å². The molecule has 1 nitrogen and oxygen atoms in total. The van der Waals surface area contributed by atoms with Crippen LogP contribution in [0.5, 0.6) is 5.75 Å². The van der Waals surface area contributed by atoms with Gasteiger partial charge < -0.3 is 4.74 Å². The van der Waals surface area contributed by atoms with E-state index in [2.05, 4.69) is 0 Å². The third kappa shape index (κ3) is 2.52. The summed E-state index contributed by atoms with van der Waals surface area (Å²) in [7, 11) is 0. The van der Waals surface area contributed by atoms with Gasteiger partial charge in [-0.05, 0) is 6.92 Å². The zero-order valence-electron chi connectivity index (χ0n) is 7.11. The molecular formula is C9H9F2IO. The monoisotopic (exact) mass is 298 g/mol. The summed E-state index contributed by atoms with van der Waals surface area (Å²) in [5.74, 6) is -0.846. The normalized spacial score (nSPS) is 10.2. The van der Waals surface area contributed by atoms with Gasteiger partial charge in [-0.1, -0.05) is 22.6 Å². The van der Waals surface area contributed by atoms with Crippen LogP contribution in [0, 0.1) is 11.6 Å². The fourth-order valence-electron chi connectivity index (χ4n) is 0.957. The standard InChI is InChI=1S/C9H9F2IO/c1-2-13-6-3-8(10)7(5-12)9(11)4-6/h3-4H,2,5H2,1H3. The molecule has 1 rings (SSSR count). The van der Waals surface area contributed by atoms with Crippen molar-refractivity contribution in [2.75, 3.05) is 6.61 Å². The van der Waals surface area contributed by atoms with Crippen molar-refractivity contribution in [2.45, 2.75) is 11.4 Å². The second-order valence-electron chi connectivity index (χ2n) is 2.43. The zero-order chi connectivity index (χ0) is 9.84. The highest BCUT2D eigenvalue weighted by Gasteiger charge is 2.09. The molecule has 13 heavy (non-hydrogen) atoms. The van der Waals surface area contributed by atoms with Crippen LogP contribution in [-0.2, 0) is 4.43 Å². The van der Waals surface area contributed by atoms with Crippen molar-refractivity contribution >= 4 is 22.6 Å². The zero-order valence-corrected chi connectivity index (χ0v) is 9.27. The highest BCUT2D eigenvalue weighted by molar-refractivity contribution is 14.1. The first kappa shape index (κ1) is 10.7. The number of benzene rings is 1. The van der Waals surface area contributed by atoms with E-state index in [0.717, 1.165) is 0 Å². The highest BCUT2D eigenvalue weighted by Crippen LogP contribution is 2.22. The molecule has 0 bridgehead atoms. The second-order valence-corrected chi connectivity index (χ2v) is 3.19. The first-order valence-electron chi connectivity index (χ1n) is 3.85. The molecule has 0 atom stereocenters.